The number of anilines is 1. The standard InChI is InChI=1S/C17H10ClFN6O2/c18-10-2-1-3-13(8-10)25-9-14(22-24-25)15-21-17(27-23-15)16(26)20-12-6-4-11(19)5-7-12/h1-9H,(H,20,26). The lowest BCUT2D eigenvalue weighted by atomic mass is 10.3. The molecule has 2 aromatic heterocycles. The van der Waals surface area contributed by atoms with E-state index in [1.807, 2.05) is 6.07 Å². The zero-order valence-corrected chi connectivity index (χ0v) is 14.3. The molecule has 4 aromatic rings. The second-order valence-electron chi connectivity index (χ2n) is 5.41. The number of halogens is 2. The number of benzene rings is 2. The maximum absolute atomic E-state index is 12.9. The number of nitrogens with zero attached hydrogens (tertiary/aromatic N) is 5. The number of carbonyl (C=O) groups excluding carboxylic acids is 1. The first-order valence-electron chi connectivity index (χ1n) is 7.68. The summed E-state index contributed by atoms with van der Waals surface area (Å²) in [5.74, 6) is -1.18. The molecule has 0 aliphatic carbocycles. The maximum Gasteiger partial charge on any atom is 0.316 e. The maximum atomic E-state index is 12.9. The van der Waals surface area contributed by atoms with Crippen LogP contribution in [-0.4, -0.2) is 31.0 Å². The van der Waals surface area contributed by atoms with Crippen molar-refractivity contribution in [2.75, 3.05) is 5.32 Å². The van der Waals surface area contributed by atoms with Gasteiger partial charge in [-0.1, -0.05) is 28.0 Å². The van der Waals surface area contributed by atoms with Gasteiger partial charge in [-0.25, -0.2) is 9.07 Å². The summed E-state index contributed by atoms with van der Waals surface area (Å²) in [5, 5.41) is 14.8. The highest BCUT2D eigenvalue weighted by molar-refractivity contribution is 6.30. The van der Waals surface area contributed by atoms with Crippen LogP contribution in [0.4, 0.5) is 10.1 Å². The fourth-order valence-corrected chi connectivity index (χ4v) is 2.43. The number of aromatic nitrogens is 5. The Kier molecular flexibility index (Phi) is 4.35. The molecule has 0 spiro atoms. The van der Waals surface area contributed by atoms with E-state index >= 15 is 0 Å². The fraction of sp³-hybridized carbons (Fsp3) is 0. The van der Waals surface area contributed by atoms with E-state index < -0.39 is 11.7 Å². The van der Waals surface area contributed by atoms with Gasteiger partial charge in [0.05, 0.1) is 11.9 Å². The highest BCUT2D eigenvalue weighted by Gasteiger charge is 2.18. The summed E-state index contributed by atoms with van der Waals surface area (Å²) in [4.78, 5) is 16.2. The van der Waals surface area contributed by atoms with Crippen molar-refractivity contribution in [2.45, 2.75) is 0 Å². The van der Waals surface area contributed by atoms with Gasteiger partial charge in [-0.2, -0.15) is 4.98 Å². The lowest BCUT2D eigenvalue weighted by Gasteiger charge is -2.00. The molecule has 0 saturated heterocycles. The van der Waals surface area contributed by atoms with E-state index in [0.717, 1.165) is 0 Å². The van der Waals surface area contributed by atoms with Crippen molar-refractivity contribution < 1.29 is 13.7 Å². The summed E-state index contributed by atoms with van der Waals surface area (Å²) in [6, 6.07) is 12.3. The number of hydrogen-bond donors (Lipinski definition) is 1. The number of hydrogen-bond acceptors (Lipinski definition) is 6. The molecule has 0 aliphatic rings. The van der Waals surface area contributed by atoms with Crippen LogP contribution < -0.4 is 5.32 Å². The smallest absolute Gasteiger partial charge is 0.316 e. The molecular weight excluding hydrogens is 375 g/mol. The normalized spacial score (nSPS) is 10.7. The third-order valence-corrected chi connectivity index (χ3v) is 3.75. The van der Waals surface area contributed by atoms with Crippen molar-refractivity contribution in [1.29, 1.82) is 0 Å². The first-order chi connectivity index (χ1) is 13.1. The van der Waals surface area contributed by atoms with E-state index in [0.29, 0.717) is 22.1 Å². The predicted molar refractivity (Wildman–Crippen MR) is 94.0 cm³/mol. The van der Waals surface area contributed by atoms with E-state index in [2.05, 4.69) is 25.8 Å². The van der Waals surface area contributed by atoms with Gasteiger partial charge in [0, 0.05) is 10.7 Å². The Balaban J connectivity index is 1.52. The summed E-state index contributed by atoms with van der Waals surface area (Å²) in [5.41, 5.74) is 1.42. The van der Waals surface area contributed by atoms with Crippen molar-refractivity contribution in [1.82, 2.24) is 25.1 Å². The third-order valence-electron chi connectivity index (χ3n) is 3.52. The van der Waals surface area contributed by atoms with Gasteiger partial charge in [0.15, 0.2) is 5.69 Å². The number of nitrogens with one attached hydrogen (secondary N) is 1. The summed E-state index contributed by atoms with van der Waals surface area (Å²) < 4.78 is 19.4. The molecule has 1 amide bonds. The number of carbonyl (C=O) groups is 1. The van der Waals surface area contributed by atoms with Crippen molar-refractivity contribution in [3.63, 3.8) is 0 Å². The van der Waals surface area contributed by atoms with Gasteiger partial charge in [-0.05, 0) is 42.5 Å². The molecule has 0 radical (unpaired) electrons. The Morgan fingerprint density at radius 3 is 2.78 bits per heavy atom. The Morgan fingerprint density at radius 2 is 2.00 bits per heavy atom. The van der Waals surface area contributed by atoms with Gasteiger partial charge in [-0.15, -0.1) is 5.10 Å². The quantitative estimate of drug-likeness (QED) is 0.579. The van der Waals surface area contributed by atoms with Crippen molar-refractivity contribution in [3.8, 4) is 17.2 Å². The Labute approximate surface area is 156 Å². The third kappa shape index (κ3) is 3.67. The van der Waals surface area contributed by atoms with Gasteiger partial charge in [0.25, 0.3) is 0 Å². The second kappa shape index (κ2) is 6.96. The van der Waals surface area contributed by atoms with Crippen molar-refractivity contribution in [3.05, 3.63) is 71.5 Å². The first-order valence-corrected chi connectivity index (χ1v) is 8.05. The lowest BCUT2D eigenvalue weighted by molar-refractivity contribution is 0.0981. The predicted octanol–water partition coefficient (Wildman–Crippen LogP) is 3.36. The minimum absolute atomic E-state index is 0.104. The van der Waals surface area contributed by atoms with Gasteiger partial charge in [0.1, 0.15) is 5.82 Å². The molecule has 0 unspecified atom stereocenters. The van der Waals surface area contributed by atoms with Crippen LogP contribution in [0.3, 0.4) is 0 Å². The molecule has 0 atom stereocenters. The molecule has 10 heteroatoms. The van der Waals surface area contributed by atoms with Crippen LogP contribution in [0.5, 0.6) is 0 Å². The second-order valence-corrected chi connectivity index (χ2v) is 5.85. The first kappa shape index (κ1) is 16.9. The minimum atomic E-state index is -0.623. The van der Waals surface area contributed by atoms with Crippen LogP contribution in [0.2, 0.25) is 5.02 Å². The van der Waals surface area contributed by atoms with E-state index in [-0.39, 0.29) is 11.7 Å². The Hall–Kier alpha value is -3.59. The zero-order chi connectivity index (χ0) is 18.8. The van der Waals surface area contributed by atoms with E-state index in [9.17, 15) is 9.18 Å². The Bertz CT molecular complexity index is 1110. The number of rotatable bonds is 4. The van der Waals surface area contributed by atoms with E-state index in [4.69, 9.17) is 16.1 Å². The average Bonchev–Trinajstić information content (AvgIpc) is 3.33. The van der Waals surface area contributed by atoms with Crippen molar-refractivity contribution in [2.24, 2.45) is 0 Å². The monoisotopic (exact) mass is 384 g/mol. The molecule has 2 heterocycles. The lowest BCUT2D eigenvalue weighted by Crippen LogP contribution is -2.12. The van der Waals surface area contributed by atoms with Gasteiger partial charge in [0.2, 0.25) is 5.82 Å². The van der Waals surface area contributed by atoms with Crippen LogP contribution in [0, 0.1) is 5.82 Å². The molecule has 0 saturated carbocycles. The SMILES string of the molecule is O=C(Nc1ccc(F)cc1)c1nc(-c2cn(-c3cccc(Cl)c3)nn2)no1. The molecule has 8 nitrogen and oxygen atoms in total. The molecule has 27 heavy (non-hydrogen) atoms. The Morgan fingerprint density at radius 1 is 1.19 bits per heavy atom. The van der Waals surface area contributed by atoms with Crippen molar-refractivity contribution >= 4 is 23.2 Å². The minimum Gasteiger partial charge on any atom is -0.328 e. The van der Waals surface area contributed by atoms with Gasteiger partial charge >= 0.3 is 11.8 Å². The molecule has 4 rings (SSSR count). The topological polar surface area (TPSA) is 98.7 Å². The van der Waals surface area contributed by atoms with Gasteiger partial charge in [-0.3, -0.25) is 4.79 Å². The van der Waals surface area contributed by atoms with Gasteiger partial charge < -0.3 is 9.84 Å². The molecule has 134 valence electrons. The molecule has 1 N–H and O–H groups in total. The highest BCUT2D eigenvalue weighted by Crippen LogP contribution is 2.18. The fourth-order valence-electron chi connectivity index (χ4n) is 2.25. The average molecular weight is 385 g/mol. The summed E-state index contributed by atoms with van der Waals surface area (Å²) in [6.45, 7) is 0. The highest BCUT2D eigenvalue weighted by atomic mass is 35.5. The molecule has 0 aliphatic heterocycles. The van der Waals surface area contributed by atoms with Crippen LogP contribution in [0.1, 0.15) is 10.7 Å². The number of amides is 1. The molecule has 0 fully saturated rings. The largest absolute Gasteiger partial charge is 0.328 e. The van der Waals surface area contributed by atoms with Crippen LogP contribution in [0.15, 0.2) is 59.3 Å². The summed E-state index contributed by atoms with van der Waals surface area (Å²) >= 11 is 5.97. The van der Waals surface area contributed by atoms with E-state index in [1.165, 1.54) is 28.9 Å². The van der Waals surface area contributed by atoms with Crippen LogP contribution >= 0.6 is 11.6 Å². The van der Waals surface area contributed by atoms with Crippen LogP contribution in [-0.2, 0) is 0 Å². The van der Waals surface area contributed by atoms with Crippen LogP contribution in [0.25, 0.3) is 17.2 Å². The molecular formula is C17H10ClFN6O2. The summed E-state index contributed by atoms with van der Waals surface area (Å²) in [7, 11) is 0. The molecule has 2 aromatic carbocycles. The molecule has 0 bridgehead atoms. The summed E-state index contributed by atoms with van der Waals surface area (Å²) in [6.07, 6.45) is 1.58. The van der Waals surface area contributed by atoms with E-state index in [1.54, 1.807) is 24.4 Å². The zero-order valence-electron chi connectivity index (χ0n) is 13.5.